The van der Waals surface area contributed by atoms with Crippen molar-refractivity contribution in [3.8, 4) is 22.4 Å². The third-order valence-corrected chi connectivity index (χ3v) is 8.01. The summed E-state index contributed by atoms with van der Waals surface area (Å²) in [6, 6.07) is 22.1. The van der Waals surface area contributed by atoms with Crippen molar-refractivity contribution in [3.63, 3.8) is 0 Å². The van der Waals surface area contributed by atoms with Gasteiger partial charge in [-0.3, -0.25) is 4.79 Å². The minimum Gasteiger partial charge on any atom is -0.459 e. The third kappa shape index (κ3) is 5.87. The Bertz CT molecular complexity index is 1720. The standard InChI is InChI=1S/C30H21BrCl2N2O3S/c1-16(2)38-30(37)27-22(18-8-10-23(32)24(33)12-18)15-39-29(27)35-28(36)21-14-26(17-6-4-3-5-7-17)34-25-11-9-19(31)13-20(21)25/h3-16H,1-2H3,(H,35,36). The van der Waals surface area contributed by atoms with Crippen LogP contribution in [0.1, 0.15) is 34.6 Å². The van der Waals surface area contributed by atoms with E-state index in [0.29, 0.717) is 48.3 Å². The number of pyridine rings is 1. The molecule has 5 aromatic rings. The van der Waals surface area contributed by atoms with Crippen molar-refractivity contribution >= 4 is 78.2 Å². The molecular formula is C30H21BrCl2N2O3S. The van der Waals surface area contributed by atoms with E-state index in [2.05, 4.69) is 21.2 Å². The Kier molecular flexibility index (Phi) is 8.05. The van der Waals surface area contributed by atoms with E-state index in [9.17, 15) is 9.59 Å². The number of esters is 1. The molecule has 0 aliphatic rings. The van der Waals surface area contributed by atoms with Gasteiger partial charge in [0.2, 0.25) is 0 Å². The maximum Gasteiger partial charge on any atom is 0.342 e. The lowest BCUT2D eigenvalue weighted by Crippen LogP contribution is -2.17. The van der Waals surface area contributed by atoms with E-state index in [4.69, 9.17) is 32.9 Å². The molecule has 0 aliphatic heterocycles. The second-order valence-electron chi connectivity index (χ2n) is 8.97. The van der Waals surface area contributed by atoms with Gasteiger partial charge < -0.3 is 10.1 Å². The third-order valence-electron chi connectivity index (χ3n) is 5.88. The number of hydrogen-bond donors (Lipinski definition) is 1. The maximum absolute atomic E-state index is 13.8. The fraction of sp³-hybridized carbons (Fsp3) is 0.100. The first kappa shape index (κ1) is 27.3. The molecule has 0 saturated carbocycles. The number of hydrogen-bond acceptors (Lipinski definition) is 5. The summed E-state index contributed by atoms with van der Waals surface area (Å²) in [5, 5.41) is 6.56. The fourth-order valence-electron chi connectivity index (χ4n) is 4.11. The Labute approximate surface area is 247 Å². The maximum atomic E-state index is 13.8. The van der Waals surface area contributed by atoms with E-state index in [1.807, 2.05) is 48.5 Å². The van der Waals surface area contributed by atoms with Gasteiger partial charge >= 0.3 is 5.97 Å². The van der Waals surface area contributed by atoms with Crippen molar-refractivity contribution in [1.82, 2.24) is 4.98 Å². The van der Waals surface area contributed by atoms with Crippen LogP contribution in [0.25, 0.3) is 33.3 Å². The number of carbonyl (C=O) groups excluding carboxylic acids is 2. The average molecular weight is 640 g/mol. The number of benzene rings is 3. The quantitative estimate of drug-likeness (QED) is 0.188. The number of amides is 1. The molecule has 5 rings (SSSR count). The molecule has 0 saturated heterocycles. The largest absolute Gasteiger partial charge is 0.459 e. The Morgan fingerprint density at radius 3 is 2.44 bits per heavy atom. The normalized spacial score (nSPS) is 11.1. The SMILES string of the molecule is CC(C)OC(=O)c1c(-c2ccc(Cl)c(Cl)c2)csc1NC(=O)c1cc(-c2ccccc2)nc2ccc(Br)cc12. The number of anilines is 1. The molecule has 3 aromatic carbocycles. The van der Waals surface area contributed by atoms with Crippen LogP contribution in [0.15, 0.2) is 82.6 Å². The Morgan fingerprint density at radius 1 is 0.949 bits per heavy atom. The van der Waals surface area contributed by atoms with Gasteiger partial charge in [-0.05, 0) is 55.8 Å². The summed E-state index contributed by atoms with van der Waals surface area (Å²) in [6.45, 7) is 3.54. The zero-order valence-corrected chi connectivity index (χ0v) is 24.7. The van der Waals surface area contributed by atoms with Crippen LogP contribution < -0.4 is 5.32 Å². The molecule has 2 aromatic heterocycles. The highest BCUT2D eigenvalue weighted by Crippen LogP contribution is 2.39. The highest BCUT2D eigenvalue weighted by molar-refractivity contribution is 9.10. The molecule has 0 bridgehead atoms. The molecule has 0 atom stereocenters. The fourth-order valence-corrected chi connectivity index (χ4v) is 5.73. The van der Waals surface area contributed by atoms with E-state index in [1.165, 1.54) is 11.3 Å². The van der Waals surface area contributed by atoms with Gasteiger partial charge in [-0.15, -0.1) is 11.3 Å². The van der Waals surface area contributed by atoms with E-state index in [-0.39, 0.29) is 17.6 Å². The molecule has 0 unspecified atom stereocenters. The van der Waals surface area contributed by atoms with Crippen molar-refractivity contribution in [1.29, 1.82) is 0 Å². The van der Waals surface area contributed by atoms with Gasteiger partial charge in [-0.25, -0.2) is 9.78 Å². The van der Waals surface area contributed by atoms with E-state index >= 15 is 0 Å². The molecule has 0 radical (unpaired) electrons. The number of ether oxygens (including phenoxy) is 1. The van der Waals surface area contributed by atoms with Gasteiger partial charge in [0.1, 0.15) is 10.6 Å². The number of nitrogens with one attached hydrogen (secondary N) is 1. The number of carbonyl (C=O) groups is 2. The van der Waals surface area contributed by atoms with Crippen molar-refractivity contribution in [2.75, 3.05) is 5.32 Å². The van der Waals surface area contributed by atoms with Crippen LogP contribution in [-0.2, 0) is 4.74 Å². The molecule has 5 nitrogen and oxygen atoms in total. The van der Waals surface area contributed by atoms with Gasteiger partial charge in [0.25, 0.3) is 5.91 Å². The second kappa shape index (κ2) is 11.5. The Hall–Kier alpha value is -3.23. The molecule has 1 N–H and O–H groups in total. The minimum absolute atomic E-state index is 0.253. The van der Waals surface area contributed by atoms with Crippen LogP contribution >= 0.6 is 50.5 Å². The van der Waals surface area contributed by atoms with E-state index < -0.39 is 5.97 Å². The lowest BCUT2D eigenvalue weighted by molar-refractivity contribution is 0.0380. The van der Waals surface area contributed by atoms with Gasteiger partial charge in [0, 0.05) is 26.4 Å². The lowest BCUT2D eigenvalue weighted by Gasteiger charge is -2.13. The van der Waals surface area contributed by atoms with Gasteiger partial charge in [0.05, 0.1) is 32.9 Å². The second-order valence-corrected chi connectivity index (χ2v) is 11.6. The summed E-state index contributed by atoms with van der Waals surface area (Å²) in [6.07, 6.45) is -0.350. The minimum atomic E-state index is -0.546. The number of thiophene rings is 1. The molecule has 196 valence electrons. The molecule has 1 amide bonds. The van der Waals surface area contributed by atoms with Crippen molar-refractivity contribution in [3.05, 3.63) is 104 Å². The number of nitrogens with zero attached hydrogens (tertiary/aromatic N) is 1. The highest BCUT2D eigenvalue weighted by atomic mass is 79.9. The molecule has 0 spiro atoms. The number of aromatic nitrogens is 1. The van der Waals surface area contributed by atoms with Crippen molar-refractivity contribution < 1.29 is 14.3 Å². The summed E-state index contributed by atoms with van der Waals surface area (Å²) in [7, 11) is 0. The van der Waals surface area contributed by atoms with Gasteiger partial charge in [0.15, 0.2) is 0 Å². The molecule has 9 heteroatoms. The van der Waals surface area contributed by atoms with Crippen LogP contribution in [0.2, 0.25) is 10.0 Å². The molecule has 39 heavy (non-hydrogen) atoms. The smallest absolute Gasteiger partial charge is 0.342 e. The van der Waals surface area contributed by atoms with Crippen LogP contribution in [0, 0.1) is 0 Å². The van der Waals surface area contributed by atoms with Crippen molar-refractivity contribution in [2.45, 2.75) is 20.0 Å². The summed E-state index contributed by atoms with van der Waals surface area (Å²) in [4.78, 5) is 31.9. The summed E-state index contributed by atoms with van der Waals surface area (Å²) in [5.74, 6) is -0.922. The zero-order valence-electron chi connectivity index (χ0n) is 20.8. The Morgan fingerprint density at radius 2 is 1.72 bits per heavy atom. The topological polar surface area (TPSA) is 68.3 Å². The predicted molar refractivity (Wildman–Crippen MR) is 163 cm³/mol. The summed E-state index contributed by atoms with van der Waals surface area (Å²) < 4.78 is 6.36. The highest BCUT2D eigenvalue weighted by Gasteiger charge is 2.25. The molecule has 0 fully saturated rings. The van der Waals surface area contributed by atoms with Gasteiger partial charge in [-0.2, -0.15) is 0 Å². The monoisotopic (exact) mass is 638 g/mol. The Balaban J connectivity index is 1.61. The van der Waals surface area contributed by atoms with Crippen LogP contribution in [-0.4, -0.2) is 23.0 Å². The van der Waals surface area contributed by atoms with Crippen LogP contribution in [0.4, 0.5) is 5.00 Å². The molecule has 0 aliphatic carbocycles. The van der Waals surface area contributed by atoms with E-state index in [0.717, 1.165) is 10.0 Å². The van der Waals surface area contributed by atoms with E-state index in [1.54, 1.807) is 43.5 Å². The zero-order chi connectivity index (χ0) is 27.7. The lowest BCUT2D eigenvalue weighted by atomic mass is 10.0. The predicted octanol–water partition coefficient (Wildman–Crippen LogP) is 9.52. The number of rotatable bonds is 6. The van der Waals surface area contributed by atoms with Crippen LogP contribution in [0.3, 0.4) is 0 Å². The first-order chi connectivity index (χ1) is 18.7. The summed E-state index contributed by atoms with van der Waals surface area (Å²) in [5.41, 5.74) is 4.17. The molecule has 2 heterocycles. The summed E-state index contributed by atoms with van der Waals surface area (Å²) >= 11 is 17.1. The first-order valence-corrected chi connectivity index (χ1v) is 14.4. The number of halogens is 3. The first-order valence-electron chi connectivity index (χ1n) is 12.0. The molecular weight excluding hydrogens is 619 g/mol. The van der Waals surface area contributed by atoms with Gasteiger partial charge in [-0.1, -0.05) is 75.5 Å². The van der Waals surface area contributed by atoms with Crippen molar-refractivity contribution in [2.24, 2.45) is 0 Å². The number of fused-ring (bicyclic) bond motifs is 1. The van der Waals surface area contributed by atoms with Crippen LogP contribution in [0.5, 0.6) is 0 Å². The average Bonchev–Trinajstić information content (AvgIpc) is 3.33.